The largest absolute Gasteiger partial charge is 0.351 e. The first kappa shape index (κ1) is 39.8. The lowest BCUT2D eigenvalue weighted by atomic mass is 10.1. The number of hydrogen-bond donors (Lipinski definition) is 7. The van der Waals surface area contributed by atoms with E-state index < -0.39 is 51.6 Å². The number of halogens is 1. The zero-order chi connectivity index (χ0) is 39.4. The summed E-state index contributed by atoms with van der Waals surface area (Å²) in [6.07, 6.45) is 0. The summed E-state index contributed by atoms with van der Waals surface area (Å²) in [5.74, 6) is -0.134. The van der Waals surface area contributed by atoms with Crippen LogP contribution >= 0.6 is 23.6 Å². The molecular weight excluding hydrogens is 818 g/mol. The number of azo groups is 1. The molecule has 1 aromatic heterocycles. The highest BCUT2D eigenvalue weighted by Gasteiger charge is 2.23. The van der Waals surface area contributed by atoms with Crippen molar-refractivity contribution in [2.75, 3.05) is 16.0 Å². The summed E-state index contributed by atoms with van der Waals surface area (Å²) in [7, 11) is -13.7. The Morgan fingerprint density at radius 2 is 1.44 bits per heavy atom. The monoisotopic (exact) mass is 839 g/mol. The van der Waals surface area contributed by atoms with Crippen LogP contribution in [0, 0.1) is 0 Å². The van der Waals surface area contributed by atoms with Crippen LogP contribution in [0.5, 0.6) is 0 Å². The topological polar surface area (TPSA) is 324 Å². The van der Waals surface area contributed by atoms with E-state index in [0.717, 1.165) is 23.6 Å². The first-order valence-electron chi connectivity index (χ1n) is 14.1. The van der Waals surface area contributed by atoms with Crippen LogP contribution in [0.25, 0.3) is 10.8 Å². The fraction of sp³-hybridized carbons (Fsp3) is 0. The summed E-state index contributed by atoms with van der Waals surface area (Å²) in [5.41, 5.74) is 5.15. The van der Waals surface area contributed by atoms with Crippen molar-refractivity contribution in [1.82, 2.24) is 15.0 Å². The lowest BCUT2D eigenvalue weighted by Gasteiger charge is -2.12. The molecule has 2 amide bonds. The van der Waals surface area contributed by atoms with Gasteiger partial charge in [-0.3, -0.25) is 9.11 Å². The standard InChI is InChI=1S/C28H22ClN9O12S4/c1-2-52(41,42)18-6-3-15(4-7-18)31-27-34-25(29)35-28(36-27)32-16-5-8-20(21(11-16)33-26(30)39)37-38-22-13-19-14(10-24(22)54(46,47)48)9-17(51-50-49-40)12-23(19)53(43,44)45/h2-13,40H,1H2,(H3,30,33,39)(H,43,44,45)(H,46,47,48)(H2,31,32,34,35,36)/b38-37+. The van der Waals surface area contributed by atoms with E-state index in [9.17, 15) is 39.2 Å². The van der Waals surface area contributed by atoms with Gasteiger partial charge in [-0.15, -0.1) is 14.6 Å². The highest BCUT2D eigenvalue weighted by molar-refractivity contribution is 7.94. The van der Waals surface area contributed by atoms with Gasteiger partial charge >= 0.3 is 6.03 Å². The Kier molecular flexibility index (Phi) is 11.8. The van der Waals surface area contributed by atoms with Crippen molar-refractivity contribution in [2.45, 2.75) is 19.6 Å². The van der Waals surface area contributed by atoms with E-state index in [2.05, 4.69) is 57.1 Å². The molecule has 0 radical (unpaired) electrons. The van der Waals surface area contributed by atoms with Gasteiger partial charge in [-0.1, -0.05) is 11.6 Å². The number of nitrogens with zero attached hydrogens (tertiary/aromatic N) is 5. The van der Waals surface area contributed by atoms with Crippen LogP contribution in [0.3, 0.4) is 0 Å². The van der Waals surface area contributed by atoms with Crippen molar-refractivity contribution in [2.24, 2.45) is 16.0 Å². The lowest BCUT2D eigenvalue weighted by Crippen LogP contribution is -2.19. The molecule has 0 aliphatic rings. The number of urea groups is 1. The van der Waals surface area contributed by atoms with E-state index in [1.807, 2.05) is 0 Å². The van der Waals surface area contributed by atoms with Gasteiger partial charge in [0, 0.05) is 27.1 Å². The highest BCUT2D eigenvalue weighted by Crippen LogP contribution is 2.38. The minimum atomic E-state index is -5.04. The quantitative estimate of drug-likeness (QED) is 0.0224. The molecule has 8 N–H and O–H groups in total. The second-order valence-electron chi connectivity index (χ2n) is 10.3. The van der Waals surface area contributed by atoms with Gasteiger partial charge in [-0.05, 0) is 83.7 Å². The third-order valence-corrected chi connectivity index (χ3v) is 10.6. The number of carbonyl (C=O) groups excluding carboxylic acids is 1. The number of primary amides is 1. The summed E-state index contributed by atoms with van der Waals surface area (Å²) in [5, 5.41) is 28.0. The molecule has 4 aromatic carbocycles. The van der Waals surface area contributed by atoms with Crippen LogP contribution in [-0.2, 0) is 39.4 Å². The molecule has 0 aliphatic carbocycles. The summed E-state index contributed by atoms with van der Waals surface area (Å²) in [4.78, 5) is 22.5. The summed E-state index contributed by atoms with van der Waals surface area (Å²) >= 11 is 6.40. The fourth-order valence-electron chi connectivity index (χ4n) is 4.51. The van der Waals surface area contributed by atoms with Crippen molar-refractivity contribution in [3.8, 4) is 0 Å². The molecule has 0 atom stereocenters. The van der Waals surface area contributed by atoms with E-state index in [1.165, 1.54) is 48.5 Å². The second kappa shape index (κ2) is 15.9. The van der Waals surface area contributed by atoms with Crippen molar-refractivity contribution in [3.63, 3.8) is 0 Å². The van der Waals surface area contributed by atoms with Gasteiger partial charge in [0.15, 0.2) is 9.84 Å². The molecule has 0 saturated heterocycles. The fourth-order valence-corrected chi connectivity index (χ4v) is 7.27. The minimum Gasteiger partial charge on any atom is -0.351 e. The average Bonchev–Trinajstić information content (AvgIpc) is 3.08. The first-order chi connectivity index (χ1) is 25.4. The number of sulfone groups is 1. The number of anilines is 5. The number of nitrogens with one attached hydrogen (secondary N) is 3. The smallest absolute Gasteiger partial charge is 0.316 e. The number of aromatic nitrogens is 3. The van der Waals surface area contributed by atoms with Gasteiger partial charge in [0.05, 0.1) is 22.6 Å². The lowest BCUT2D eigenvalue weighted by molar-refractivity contribution is -0.432. The molecular formula is C28H22ClN9O12S4. The van der Waals surface area contributed by atoms with Gasteiger partial charge in [0.1, 0.15) is 21.2 Å². The number of carbonyl (C=O) groups is 1. The number of benzene rings is 4. The Balaban J connectivity index is 1.49. The third kappa shape index (κ3) is 9.79. The molecule has 1 heterocycles. The van der Waals surface area contributed by atoms with Gasteiger partial charge in [-0.25, -0.2) is 18.5 Å². The zero-order valence-corrected chi connectivity index (χ0v) is 30.5. The van der Waals surface area contributed by atoms with Crippen LogP contribution in [0.4, 0.5) is 45.1 Å². The Bertz CT molecular complexity index is 2670. The van der Waals surface area contributed by atoms with Crippen LogP contribution in [0.1, 0.15) is 0 Å². The van der Waals surface area contributed by atoms with Gasteiger partial charge in [0.25, 0.3) is 20.2 Å². The molecule has 0 spiro atoms. The number of fused-ring (bicyclic) bond motifs is 1. The maximum Gasteiger partial charge on any atom is 0.316 e. The molecule has 282 valence electrons. The van der Waals surface area contributed by atoms with Crippen LogP contribution in [-0.4, -0.2) is 60.6 Å². The highest BCUT2D eigenvalue weighted by atomic mass is 35.5. The predicted octanol–water partition coefficient (Wildman–Crippen LogP) is 5.91. The molecule has 0 saturated carbocycles. The van der Waals surface area contributed by atoms with Crippen molar-refractivity contribution >= 4 is 111 Å². The number of nitrogens with two attached hydrogens (primary N) is 1. The summed E-state index contributed by atoms with van der Waals surface area (Å²) in [6.45, 7) is 3.28. The SMILES string of the molecule is C=CS(=O)(=O)c1ccc(Nc2nc(Cl)nc(Nc3ccc(/N=N/c4cc5c(S(=O)(=O)O)cc(SOOO)cc5cc4S(=O)(=O)O)c(NC(N)=O)c3)n2)cc1. The van der Waals surface area contributed by atoms with E-state index in [-0.39, 0.29) is 54.8 Å². The molecule has 26 heteroatoms. The van der Waals surface area contributed by atoms with Crippen molar-refractivity contribution < 1.29 is 53.8 Å². The maximum atomic E-state index is 12.4. The second-order valence-corrected chi connectivity index (χ2v) is 16.1. The zero-order valence-electron chi connectivity index (χ0n) is 26.5. The molecule has 5 aromatic rings. The summed E-state index contributed by atoms with van der Waals surface area (Å²) < 4.78 is 97.3. The third-order valence-electron chi connectivity index (χ3n) is 6.73. The van der Waals surface area contributed by atoms with Crippen LogP contribution < -0.4 is 21.7 Å². The molecule has 0 unspecified atom stereocenters. The number of rotatable bonds is 14. The number of amides is 2. The summed E-state index contributed by atoms with van der Waals surface area (Å²) in [6, 6.07) is 12.4. The molecule has 0 fully saturated rings. The van der Waals surface area contributed by atoms with E-state index in [0.29, 0.717) is 17.7 Å². The Morgan fingerprint density at radius 1 is 0.833 bits per heavy atom. The van der Waals surface area contributed by atoms with Gasteiger partial charge in [-0.2, -0.15) is 31.8 Å². The van der Waals surface area contributed by atoms with Gasteiger partial charge in [0.2, 0.25) is 17.2 Å². The molecule has 0 aliphatic heterocycles. The minimum absolute atomic E-state index is 0.0145. The van der Waals surface area contributed by atoms with Crippen molar-refractivity contribution in [3.05, 3.63) is 84.0 Å². The van der Waals surface area contributed by atoms with Gasteiger partial charge < -0.3 is 21.7 Å². The van der Waals surface area contributed by atoms with Crippen molar-refractivity contribution in [1.29, 1.82) is 0 Å². The average molecular weight is 840 g/mol. The number of hydrogen-bond acceptors (Lipinski definition) is 18. The Morgan fingerprint density at radius 3 is 2.04 bits per heavy atom. The van der Waals surface area contributed by atoms with E-state index in [4.69, 9.17) is 22.6 Å². The maximum absolute atomic E-state index is 12.4. The molecule has 0 bridgehead atoms. The normalized spacial score (nSPS) is 12.1. The molecule has 21 nitrogen and oxygen atoms in total. The predicted molar refractivity (Wildman–Crippen MR) is 193 cm³/mol. The molecule has 54 heavy (non-hydrogen) atoms. The van der Waals surface area contributed by atoms with Crippen LogP contribution in [0.15, 0.2) is 109 Å². The Hall–Kier alpha value is -5.35. The van der Waals surface area contributed by atoms with E-state index in [1.54, 1.807) is 0 Å². The van der Waals surface area contributed by atoms with Crippen LogP contribution in [0.2, 0.25) is 5.28 Å². The first-order valence-corrected chi connectivity index (χ1v) is 19.7. The van der Waals surface area contributed by atoms with E-state index >= 15 is 0 Å². The Labute approximate surface area is 313 Å². The molecule has 5 rings (SSSR count).